The molecule has 1 aliphatic rings. The topological polar surface area (TPSA) is 51.1 Å². The first-order valence-electron chi connectivity index (χ1n) is 7.83. The molecular weight excluding hydrogens is 353 g/mol. The molecule has 0 aromatic carbocycles. The minimum atomic E-state index is -4.52. The first-order valence-corrected chi connectivity index (χ1v) is 8.81. The Bertz CT molecular complexity index is 694. The average molecular weight is 370 g/mol. The van der Waals surface area contributed by atoms with Gasteiger partial charge in [0, 0.05) is 37.7 Å². The molecule has 1 fully saturated rings. The number of nitrogens with zero attached hydrogens (tertiary/aromatic N) is 4. The van der Waals surface area contributed by atoms with Crippen LogP contribution in [0.4, 0.5) is 13.2 Å². The van der Waals surface area contributed by atoms with Crippen LogP contribution in [0.3, 0.4) is 0 Å². The van der Waals surface area contributed by atoms with Gasteiger partial charge in [0.05, 0.1) is 13.2 Å². The monoisotopic (exact) mass is 370 g/mol. The lowest BCUT2D eigenvalue weighted by atomic mass is 10.3. The molecule has 1 aliphatic heterocycles. The van der Waals surface area contributed by atoms with Crippen LogP contribution in [0.5, 0.6) is 0 Å². The molecule has 0 spiro atoms. The van der Waals surface area contributed by atoms with Crippen LogP contribution in [-0.2, 0) is 10.9 Å². The summed E-state index contributed by atoms with van der Waals surface area (Å²) >= 11 is 1.29. The van der Waals surface area contributed by atoms with Crippen LogP contribution in [0.1, 0.15) is 5.69 Å². The van der Waals surface area contributed by atoms with Crippen molar-refractivity contribution in [1.29, 1.82) is 0 Å². The molecule has 3 heterocycles. The number of aromatic nitrogens is 3. The zero-order valence-electron chi connectivity index (χ0n) is 13.4. The summed E-state index contributed by atoms with van der Waals surface area (Å²) in [6, 6.07) is 5.97. The second kappa shape index (κ2) is 8.11. The van der Waals surface area contributed by atoms with Gasteiger partial charge in [-0.15, -0.1) is 11.8 Å². The fourth-order valence-corrected chi connectivity index (χ4v) is 3.26. The van der Waals surface area contributed by atoms with E-state index in [0.29, 0.717) is 29.7 Å². The van der Waals surface area contributed by atoms with Gasteiger partial charge in [0.15, 0.2) is 5.82 Å². The lowest BCUT2D eigenvalue weighted by Gasteiger charge is -2.26. The van der Waals surface area contributed by atoms with Crippen molar-refractivity contribution >= 4 is 11.8 Å². The summed E-state index contributed by atoms with van der Waals surface area (Å²) in [4.78, 5) is 14.1. The number of morpholine rings is 1. The molecule has 0 unspecified atom stereocenters. The summed E-state index contributed by atoms with van der Waals surface area (Å²) in [5.74, 6) is 0.639. The molecule has 5 nitrogen and oxygen atoms in total. The van der Waals surface area contributed by atoms with Gasteiger partial charge in [0.1, 0.15) is 16.4 Å². The van der Waals surface area contributed by atoms with Crippen LogP contribution >= 0.6 is 11.8 Å². The number of pyridine rings is 1. The quantitative estimate of drug-likeness (QED) is 0.596. The van der Waals surface area contributed by atoms with Crippen LogP contribution in [0, 0.1) is 0 Å². The normalized spacial score (nSPS) is 16.1. The number of rotatable bonds is 5. The zero-order valence-corrected chi connectivity index (χ0v) is 14.2. The van der Waals surface area contributed by atoms with E-state index in [2.05, 4.69) is 19.9 Å². The molecule has 3 rings (SSSR count). The van der Waals surface area contributed by atoms with E-state index < -0.39 is 11.9 Å². The summed E-state index contributed by atoms with van der Waals surface area (Å²) in [6.07, 6.45) is -3.02. The van der Waals surface area contributed by atoms with Gasteiger partial charge in [-0.2, -0.15) is 13.2 Å². The van der Waals surface area contributed by atoms with Crippen molar-refractivity contribution in [3.63, 3.8) is 0 Å². The molecular formula is C16H17F3N4OS. The lowest BCUT2D eigenvalue weighted by molar-refractivity contribution is -0.141. The highest BCUT2D eigenvalue weighted by molar-refractivity contribution is 7.99. The molecule has 0 N–H and O–H groups in total. The summed E-state index contributed by atoms with van der Waals surface area (Å²) in [6.45, 7) is 3.85. The van der Waals surface area contributed by atoms with Crippen LogP contribution in [0.2, 0.25) is 0 Å². The maximum absolute atomic E-state index is 13.1. The fraction of sp³-hybridized carbons (Fsp3) is 0.438. The van der Waals surface area contributed by atoms with Gasteiger partial charge in [-0.1, -0.05) is 6.07 Å². The van der Waals surface area contributed by atoms with Gasteiger partial charge in [-0.25, -0.2) is 9.97 Å². The number of ether oxygens (including phenoxy) is 1. The van der Waals surface area contributed by atoms with Gasteiger partial charge >= 0.3 is 6.18 Å². The molecule has 134 valence electrons. The molecule has 0 bridgehead atoms. The minimum absolute atomic E-state index is 0.00991. The van der Waals surface area contributed by atoms with E-state index in [4.69, 9.17) is 4.74 Å². The Labute approximate surface area is 147 Å². The van der Waals surface area contributed by atoms with E-state index in [1.54, 1.807) is 18.2 Å². The average Bonchev–Trinajstić information content (AvgIpc) is 2.62. The summed E-state index contributed by atoms with van der Waals surface area (Å²) in [7, 11) is 0. The molecule has 0 amide bonds. The van der Waals surface area contributed by atoms with Crippen LogP contribution in [0.25, 0.3) is 11.5 Å². The van der Waals surface area contributed by atoms with E-state index >= 15 is 0 Å². The van der Waals surface area contributed by atoms with Crippen molar-refractivity contribution in [2.45, 2.75) is 11.2 Å². The van der Waals surface area contributed by atoms with Gasteiger partial charge in [-0.3, -0.25) is 9.88 Å². The highest BCUT2D eigenvalue weighted by Crippen LogP contribution is 2.31. The predicted octanol–water partition coefficient (Wildman–Crippen LogP) is 2.98. The second-order valence-corrected chi connectivity index (χ2v) is 6.55. The summed E-state index contributed by atoms with van der Waals surface area (Å²) in [5, 5.41) is 0.302. The van der Waals surface area contributed by atoms with Crippen molar-refractivity contribution < 1.29 is 17.9 Å². The third-order valence-corrected chi connectivity index (χ3v) is 4.54. The molecule has 0 saturated carbocycles. The molecule has 1 saturated heterocycles. The van der Waals surface area contributed by atoms with E-state index in [9.17, 15) is 13.2 Å². The minimum Gasteiger partial charge on any atom is -0.379 e. The molecule has 0 radical (unpaired) electrons. The summed E-state index contributed by atoms with van der Waals surface area (Å²) in [5.41, 5.74) is -0.624. The second-order valence-electron chi connectivity index (χ2n) is 5.43. The standard InChI is InChI=1S/C16H17F3N4OS/c17-16(18,19)13-11-14(25-10-7-23-5-8-24-9-6-23)22-15(21-13)12-3-1-2-4-20-12/h1-4,11H,5-10H2. The van der Waals surface area contributed by atoms with Crippen LogP contribution in [0.15, 0.2) is 35.5 Å². The summed E-state index contributed by atoms with van der Waals surface area (Å²) < 4.78 is 44.7. The molecule has 9 heteroatoms. The predicted molar refractivity (Wildman–Crippen MR) is 88.2 cm³/mol. The Hall–Kier alpha value is -1.71. The number of alkyl halides is 3. The molecule has 25 heavy (non-hydrogen) atoms. The Morgan fingerprint density at radius 3 is 2.64 bits per heavy atom. The number of hydrogen-bond acceptors (Lipinski definition) is 6. The van der Waals surface area contributed by atoms with Crippen molar-refractivity contribution in [1.82, 2.24) is 19.9 Å². The smallest absolute Gasteiger partial charge is 0.379 e. The van der Waals surface area contributed by atoms with Crippen molar-refractivity contribution in [3.05, 3.63) is 36.2 Å². The first-order chi connectivity index (χ1) is 12.0. The third-order valence-electron chi connectivity index (χ3n) is 3.65. The van der Waals surface area contributed by atoms with Crippen molar-refractivity contribution in [3.8, 4) is 11.5 Å². The fourth-order valence-electron chi connectivity index (χ4n) is 2.36. The Kier molecular flexibility index (Phi) is 5.87. The molecule has 0 atom stereocenters. The number of hydrogen-bond donors (Lipinski definition) is 0. The highest BCUT2D eigenvalue weighted by Gasteiger charge is 2.34. The number of thioether (sulfide) groups is 1. The lowest BCUT2D eigenvalue weighted by Crippen LogP contribution is -2.37. The van der Waals surface area contributed by atoms with Gasteiger partial charge in [0.25, 0.3) is 0 Å². The molecule has 2 aromatic heterocycles. The molecule has 0 aliphatic carbocycles. The maximum atomic E-state index is 13.1. The highest BCUT2D eigenvalue weighted by atomic mass is 32.2. The van der Waals surface area contributed by atoms with Crippen LogP contribution in [-0.4, -0.2) is 58.5 Å². The molecule has 2 aromatic rings. The Morgan fingerprint density at radius 2 is 1.96 bits per heavy atom. The van der Waals surface area contributed by atoms with E-state index in [0.717, 1.165) is 25.7 Å². The van der Waals surface area contributed by atoms with Gasteiger partial charge in [0.2, 0.25) is 0 Å². The zero-order chi connectivity index (χ0) is 17.7. The van der Waals surface area contributed by atoms with Crippen LogP contribution < -0.4 is 0 Å². The van der Waals surface area contributed by atoms with E-state index in [1.165, 1.54) is 18.0 Å². The number of halogens is 3. The SMILES string of the molecule is FC(F)(F)c1cc(SCCN2CCOCC2)nc(-c2ccccn2)n1. The van der Waals surface area contributed by atoms with E-state index in [-0.39, 0.29) is 5.82 Å². The van der Waals surface area contributed by atoms with E-state index in [1.807, 2.05) is 0 Å². The van der Waals surface area contributed by atoms with Crippen molar-refractivity contribution in [2.75, 3.05) is 38.6 Å². The van der Waals surface area contributed by atoms with Gasteiger partial charge < -0.3 is 4.74 Å². The Balaban J connectivity index is 1.75. The third kappa shape index (κ3) is 5.13. The largest absolute Gasteiger partial charge is 0.433 e. The maximum Gasteiger partial charge on any atom is 0.433 e. The van der Waals surface area contributed by atoms with Crippen molar-refractivity contribution in [2.24, 2.45) is 0 Å². The first kappa shape index (κ1) is 18.1. The van der Waals surface area contributed by atoms with Gasteiger partial charge in [-0.05, 0) is 12.1 Å². The Morgan fingerprint density at radius 1 is 1.16 bits per heavy atom.